The molecule has 15 heavy (non-hydrogen) atoms. The summed E-state index contributed by atoms with van der Waals surface area (Å²) in [5, 5.41) is 18.4. The highest BCUT2D eigenvalue weighted by atomic mass is 16.4. The van der Waals surface area contributed by atoms with Crippen molar-refractivity contribution in [3.05, 3.63) is 18.2 Å². The summed E-state index contributed by atoms with van der Waals surface area (Å²) in [5.74, 6) is -1.22. The number of nitrogens with two attached hydrogens (primary N) is 1. The molecule has 0 bridgehead atoms. The van der Waals surface area contributed by atoms with Crippen molar-refractivity contribution < 1.29 is 15.0 Å². The summed E-state index contributed by atoms with van der Waals surface area (Å²) in [4.78, 5) is 14.5. The van der Waals surface area contributed by atoms with Gasteiger partial charge in [0, 0.05) is 6.04 Å². The van der Waals surface area contributed by atoms with Crippen LogP contribution in [0.15, 0.2) is 12.5 Å². The van der Waals surface area contributed by atoms with Crippen LogP contribution < -0.4 is 5.73 Å². The van der Waals surface area contributed by atoms with Crippen LogP contribution in [0.5, 0.6) is 0 Å². The third-order valence-corrected chi connectivity index (χ3v) is 2.56. The Kier molecular flexibility index (Phi) is 2.45. The van der Waals surface area contributed by atoms with Gasteiger partial charge in [0.1, 0.15) is 12.1 Å². The number of aliphatic carboxylic acids is 1. The van der Waals surface area contributed by atoms with E-state index in [1.165, 1.54) is 6.20 Å². The van der Waals surface area contributed by atoms with Crippen molar-refractivity contribution >= 4 is 5.97 Å². The predicted molar refractivity (Wildman–Crippen MR) is 51.1 cm³/mol. The Hall–Kier alpha value is -1.40. The number of hydrogen-bond donors (Lipinski definition) is 3. The predicted octanol–water partition coefficient (Wildman–Crippen LogP) is -0.337. The van der Waals surface area contributed by atoms with Gasteiger partial charge in [-0.15, -0.1) is 0 Å². The van der Waals surface area contributed by atoms with Crippen molar-refractivity contribution in [2.24, 2.45) is 5.73 Å². The Morgan fingerprint density at radius 2 is 2.33 bits per heavy atom. The van der Waals surface area contributed by atoms with Crippen molar-refractivity contribution in [3.63, 3.8) is 0 Å². The fraction of sp³-hybridized carbons (Fsp3) is 0.556. The average Bonchev–Trinajstić information content (AvgIpc) is 2.94. The van der Waals surface area contributed by atoms with Crippen molar-refractivity contribution in [2.45, 2.75) is 31.0 Å². The average molecular weight is 211 g/mol. The summed E-state index contributed by atoms with van der Waals surface area (Å²) in [6.07, 6.45) is 3.94. The molecule has 1 aliphatic rings. The van der Waals surface area contributed by atoms with Crippen molar-refractivity contribution in [3.8, 4) is 0 Å². The fourth-order valence-corrected chi connectivity index (χ4v) is 1.52. The lowest BCUT2D eigenvalue weighted by atomic mass is 10.1. The molecule has 2 atom stereocenters. The number of imidazole rings is 1. The van der Waals surface area contributed by atoms with Crippen molar-refractivity contribution in [1.82, 2.24) is 9.55 Å². The van der Waals surface area contributed by atoms with Crippen molar-refractivity contribution in [1.29, 1.82) is 0 Å². The Morgan fingerprint density at radius 1 is 1.67 bits per heavy atom. The van der Waals surface area contributed by atoms with Crippen LogP contribution in [0.25, 0.3) is 0 Å². The molecular weight excluding hydrogens is 198 g/mol. The van der Waals surface area contributed by atoms with E-state index in [0.717, 1.165) is 12.8 Å². The summed E-state index contributed by atoms with van der Waals surface area (Å²) in [5.41, 5.74) is 5.83. The molecule has 2 unspecified atom stereocenters. The molecule has 82 valence electrons. The van der Waals surface area contributed by atoms with Crippen LogP contribution in [-0.2, 0) is 4.79 Å². The summed E-state index contributed by atoms with van der Waals surface area (Å²) in [7, 11) is 0. The van der Waals surface area contributed by atoms with Crippen LogP contribution in [0.1, 0.15) is 30.7 Å². The smallest absolute Gasteiger partial charge is 0.323 e. The fourth-order valence-electron chi connectivity index (χ4n) is 1.52. The second-order valence-electron chi connectivity index (χ2n) is 3.77. The standard InChI is InChI=1S/C9H13N3O3/c10-7(9(14)15)8(13)6-3-11-4-12(6)5-1-2-5/h3-5,7-8,13H,1-2,10H2,(H,14,15). The minimum absolute atomic E-state index is 0.346. The first-order chi connectivity index (χ1) is 7.11. The molecule has 0 spiro atoms. The molecular formula is C9H13N3O3. The normalized spacial score (nSPS) is 19.9. The summed E-state index contributed by atoms with van der Waals surface area (Å²) in [6.45, 7) is 0. The van der Waals surface area contributed by atoms with Gasteiger partial charge in [0.2, 0.25) is 0 Å². The van der Waals surface area contributed by atoms with Crippen LogP contribution in [-0.4, -0.2) is 31.8 Å². The van der Waals surface area contributed by atoms with Gasteiger partial charge in [-0.05, 0) is 12.8 Å². The molecule has 0 amide bonds. The van der Waals surface area contributed by atoms with E-state index in [9.17, 15) is 9.90 Å². The number of aliphatic hydroxyl groups is 1. The minimum atomic E-state index is -1.31. The largest absolute Gasteiger partial charge is 0.480 e. The molecule has 2 rings (SSSR count). The van der Waals surface area contributed by atoms with E-state index in [4.69, 9.17) is 10.8 Å². The molecule has 1 aromatic heterocycles. The molecule has 1 aromatic rings. The third-order valence-electron chi connectivity index (χ3n) is 2.56. The molecule has 6 heteroatoms. The molecule has 0 radical (unpaired) electrons. The number of aliphatic hydroxyl groups excluding tert-OH is 1. The van der Waals surface area contributed by atoms with Gasteiger partial charge in [-0.3, -0.25) is 4.79 Å². The van der Waals surface area contributed by atoms with E-state index < -0.39 is 18.1 Å². The first-order valence-corrected chi connectivity index (χ1v) is 4.79. The van der Waals surface area contributed by atoms with E-state index in [1.54, 1.807) is 10.9 Å². The molecule has 1 saturated carbocycles. The van der Waals surface area contributed by atoms with Gasteiger partial charge in [-0.25, -0.2) is 4.98 Å². The van der Waals surface area contributed by atoms with Gasteiger partial charge in [0.05, 0.1) is 18.2 Å². The second-order valence-corrected chi connectivity index (χ2v) is 3.77. The Labute approximate surface area is 86.3 Å². The zero-order valence-electron chi connectivity index (χ0n) is 8.08. The highest BCUT2D eigenvalue weighted by molar-refractivity contribution is 5.74. The molecule has 1 fully saturated rings. The lowest BCUT2D eigenvalue weighted by Crippen LogP contribution is -2.37. The zero-order valence-corrected chi connectivity index (χ0v) is 8.08. The number of carboxylic acid groups (broad SMARTS) is 1. The Morgan fingerprint density at radius 3 is 2.87 bits per heavy atom. The molecule has 1 aliphatic carbocycles. The summed E-state index contributed by atoms with van der Waals surface area (Å²) >= 11 is 0. The van der Waals surface area contributed by atoms with Gasteiger partial charge in [-0.1, -0.05) is 0 Å². The van der Waals surface area contributed by atoms with E-state index in [0.29, 0.717) is 11.7 Å². The van der Waals surface area contributed by atoms with Crippen LogP contribution in [0, 0.1) is 0 Å². The second kappa shape index (κ2) is 3.63. The molecule has 0 aromatic carbocycles. The first kappa shape index (κ1) is 10.1. The third kappa shape index (κ3) is 1.86. The molecule has 6 nitrogen and oxygen atoms in total. The van der Waals surface area contributed by atoms with Crippen LogP contribution in [0.2, 0.25) is 0 Å². The van der Waals surface area contributed by atoms with Crippen molar-refractivity contribution in [2.75, 3.05) is 0 Å². The first-order valence-electron chi connectivity index (χ1n) is 4.79. The number of rotatable bonds is 4. The van der Waals surface area contributed by atoms with E-state index >= 15 is 0 Å². The topological polar surface area (TPSA) is 101 Å². The molecule has 0 aliphatic heterocycles. The highest BCUT2D eigenvalue weighted by Gasteiger charge is 2.31. The minimum Gasteiger partial charge on any atom is -0.480 e. The Balaban J connectivity index is 2.20. The number of aromatic nitrogens is 2. The number of hydrogen-bond acceptors (Lipinski definition) is 4. The lowest BCUT2D eigenvalue weighted by Gasteiger charge is -2.16. The van der Waals surface area contributed by atoms with E-state index in [-0.39, 0.29) is 0 Å². The van der Waals surface area contributed by atoms with Gasteiger partial charge in [-0.2, -0.15) is 0 Å². The van der Waals surface area contributed by atoms with Gasteiger partial charge in [0.25, 0.3) is 0 Å². The highest BCUT2D eigenvalue weighted by Crippen LogP contribution is 2.37. The van der Waals surface area contributed by atoms with Gasteiger partial charge < -0.3 is 20.5 Å². The quantitative estimate of drug-likeness (QED) is 0.632. The number of nitrogens with zero attached hydrogens (tertiary/aromatic N) is 2. The van der Waals surface area contributed by atoms with Crippen LogP contribution in [0.3, 0.4) is 0 Å². The van der Waals surface area contributed by atoms with Crippen LogP contribution in [0.4, 0.5) is 0 Å². The monoisotopic (exact) mass is 211 g/mol. The van der Waals surface area contributed by atoms with E-state index in [1.807, 2.05) is 0 Å². The maximum atomic E-state index is 10.6. The maximum Gasteiger partial charge on any atom is 0.323 e. The summed E-state index contributed by atoms with van der Waals surface area (Å²) in [6, 6.07) is -0.961. The molecule has 1 heterocycles. The summed E-state index contributed by atoms with van der Waals surface area (Å²) < 4.78 is 1.80. The zero-order chi connectivity index (χ0) is 11.0. The maximum absolute atomic E-state index is 10.6. The SMILES string of the molecule is NC(C(=O)O)C(O)c1cncn1C1CC1. The van der Waals surface area contributed by atoms with Gasteiger partial charge >= 0.3 is 5.97 Å². The number of carboxylic acids is 1. The molecule has 0 saturated heterocycles. The van der Waals surface area contributed by atoms with E-state index in [2.05, 4.69) is 4.98 Å². The molecule has 4 N–H and O–H groups in total. The number of carbonyl (C=O) groups is 1. The van der Waals surface area contributed by atoms with Gasteiger partial charge in [0.15, 0.2) is 0 Å². The lowest BCUT2D eigenvalue weighted by molar-refractivity contribution is -0.141. The Bertz CT molecular complexity index is 372. The van der Waals surface area contributed by atoms with Crippen LogP contribution >= 0.6 is 0 Å².